The number of esters is 1. The van der Waals surface area contributed by atoms with Gasteiger partial charge in [0.25, 0.3) is 0 Å². The Balaban J connectivity index is 0.00000361. The van der Waals surface area contributed by atoms with Crippen LogP contribution in [0, 0.1) is 5.92 Å². The van der Waals surface area contributed by atoms with Crippen molar-refractivity contribution in [3.8, 4) is 0 Å². The van der Waals surface area contributed by atoms with Crippen molar-refractivity contribution in [1.82, 2.24) is 0 Å². The van der Waals surface area contributed by atoms with Crippen LogP contribution in [0.5, 0.6) is 0 Å². The highest BCUT2D eigenvalue weighted by Crippen LogP contribution is 2.24. The number of hydrogen-bond donors (Lipinski definition) is 0. The zero-order chi connectivity index (χ0) is 14.1. The molecule has 0 aliphatic heterocycles. The first-order valence-electron chi connectivity index (χ1n) is 7.48. The summed E-state index contributed by atoms with van der Waals surface area (Å²) in [6, 6.07) is 10.00. The van der Waals surface area contributed by atoms with Crippen LogP contribution in [-0.2, 0) is 9.53 Å². The third kappa shape index (κ3) is 5.96. The summed E-state index contributed by atoms with van der Waals surface area (Å²) in [5, 5.41) is 0. The predicted molar refractivity (Wildman–Crippen MR) is 86.1 cm³/mol. The predicted octanol–water partition coefficient (Wildman–Crippen LogP) is 5.32. The summed E-state index contributed by atoms with van der Waals surface area (Å²) in [5.74, 6) is 0.0179. The Morgan fingerprint density at radius 3 is 2.25 bits per heavy atom. The Labute approximate surface area is 129 Å². The fraction of sp³-hybridized carbons (Fsp3) is 0.588. The van der Waals surface area contributed by atoms with Gasteiger partial charge in [-0.1, -0.05) is 63.9 Å². The molecule has 2 unspecified atom stereocenters. The Morgan fingerprint density at radius 2 is 1.75 bits per heavy atom. The van der Waals surface area contributed by atoms with Crippen molar-refractivity contribution in [2.75, 3.05) is 0 Å². The molecule has 1 aromatic rings. The van der Waals surface area contributed by atoms with Crippen LogP contribution in [0.3, 0.4) is 0 Å². The monoisotopic (exact) mass is 298 g/mol. The van der Waals surface area contributed by atoms with E-state index in [1.165, 1.54) is 0 Å². The van der Waals surface area contributed by atoms with E-state index in [0.717, 1.165) is 37.7 Å². The van der Waals surface area contributed by atoms with E-state index < -0.39 is 0 Å². The van der Waals surface area contributed by atoms with E-state index in [2.05, 4.69) is 20.8 Å². The topological polar surface area (TPSA) is 26.3 Å². The van der Waals surface area contributed by atoms with Crippen LogP contribution in [0.1, 0.15) is 64.5 Å². The number of halogens is 1. The van der Waals surface area contributed by atoms with Crippen LogP contribution in [0.15, 0.2) is 30.3 Å². The molecule has 0 heterocycles. The third-order valence-electron chi connectivity index (χ3n) is 3.53. The van der Waals surface area contributed by atoms with Crippen molar-refractivity contribution in [2.45, 2.75) is 59.0 Å². The number of carbonyl (C=O) groups is 1. The van der Waals surface area contributed by atoms with Gasteiger partial charge in [0.15, 0.2) is 0 Å². The average molecular weight is 299 g/mol. The van der Waals surface area contributed by atoms with Gasteiger partial charge < -0.3 is 4.74 Å². The fourth-order valence-corrected chi connectivity index (χ4v) is 2.23. The molecular weight excluding hydrogens is 272 g/mol. The van der Waals surface area contributed by atoms with Gasteiger partial charge in [-0.05, 0) is 24.8 Å². The number of hydrogen-bond acceptors (Lipinski definition) is 2. The zero-order valence-corrected chi connectivity index (χ0v) is 13.6. The van der Waals surface area contributed by atoms with Crippen molar-refractivity contribution >= 4 is 18.4 Å². The second-order valence-electron chi connectivity index (χ2n) is 4.99. The molecule has 0 aliphatic rings. The Kier molecular flexibility index (Phi) is 10.2. The number of rotatable bonds is 8. The van der Waals surface area contributed by atoms with Gasteiger partial charge in [0.2, 0.25) is 0 Å². The maximum absolute atomic E-state index is 12.2. The van der Waals surface area contributed by atoms with Crippen LogP contribution in [-0.4, -0.2) is 5.97 Å². The second-order valence-corrected chi connectivity index (χ2v) is 4.99. The summed E-state index contributed by atoms with van der Waals surface area (Å²) in [7, 11) is 0. The lowest BCUT2D eigenvalue weighted by atomic mass is 9.99. The molecule has 0 saturated heterocycles. The van der Waals surface area contributed by atoms with Gasteiger partial charge >= 0.3 is 5.97 Å². The van der Waals surface area contributed by atoms with E-state index in [0.29, 0.717) is 0 Å². The molecule has 0 spiro atoms. The minimum atomic E-state index is -0.107. The number of unbranched alkanes of at least 4 members (excludes halogenated alkanes) is 1. The van der Waals surface area contributed by atoms with Gasteiger partial charge in [-0.15, -0.1) is 12.4 Å². The number of ether oxygens (including phenoxy) is 1. The Hall–Kier alpha value is -1.02. The largest absolute Gasteiger partial charge is 0.457 e. The molecule has 2 atom stereocenters. The Morgan fingerprint density at radius 1 is 1.10 bits per heavy atom. The minimum absolute atomic E-state index is 0. The molecule has 0 amide bonds. The first kappa shape index (κ1) is 19.0. The molecule has 20 heavy (non-hydrogen) atoms. The summed E-state index contributed by atoms with van der Waals surface area (Å²) in [4.78, 5) is 12.2. The smallest absolute Gasteiger partial charge is 0.309 e. The molecule has 1 rings (SSSR count). The van der Waals surface area contributed by atoms with Gasteiger partial charge in [0, 0.05) is 0 Å². The van der Waals surface area contributed by atoms with Gasteiger partial charge in [-0.2, -0.15) is 0 Å². The van der Waals surface area contributed by atoms with Crippen molar-refractivity contribution in [3.63, 3.8) is 0 Å². The molecule has 0 aromatic heterocycles. The number of benzene rings is 1. The first-order valence-corrected chi connectivity index (χ1v) is 7.48. The molecule has 0 fully saturated rings. The van der Waals surface area contributed by atoms with Crippen LogP contribution < -0.4 is 0 Å². The van der Waals surface area contributed by atoms with Crippen molar-refractivity contribution < 1.29 is 9.53 Å². The van der Waals surface area contributed by atoms with E-state index in [1.54, 1.807) is 0 Å². The minimum Gasteiger partial charge on any atom is -0.457 e. The lowest BCUT2D eigenvalue weighted by Gasteiger charge is -2.20. The standard InChI is InChI=1S/C17H26O2.ClH/c1-4-7-11-14(5-2)17(18)19-16(6-3)15-12-9-8-10-13-15;/h8-10,12-14,16H,4-7,11H2,1-3H3;1H. The summed E-state index contributed by atoms with van der Waals surface area (Å²) < 4.78 is 5.70. The quantitative estimate of drug-likeness (QED) is 0.607. The molecule has 0 radical (unpaired) electrons. The van der Waals surface area contributed by atoms with E-state index in [4.69, 9.17) is 4.74 Å². The summed E-state index contributed by atoms with van der Waals surface area (Å²) in [6.45, 7) is 6.26. The molecule has 0 N–H and O–H groups in total. The molecule has 0 bridgehead atoms. The lowest BCUT2D eigenvalue weighted by molar-refractivity contribution is -0.155. The highest BCUT2D eigenvalue weighted by atomic mass is 35.5. The lowest BCUT2D eigenvalue weighted by Crippen LogP contribution is -2.20. The highest BCUT2D eigenvalue weighted by molar-refractivity contribution is 5.85. The van der Waals surface area contributed by atoms with Crippen molar-refractivity contribution in [2.24, 2.45) is 5.92 Å². The normalized spacial score (nSPS) is 13.2. The summed E-state index contributed by atoms with van der Waals surface area (Å²) in [5.41, 5.74) is 1.09. The Bertz CT molecular complexity index is 365. The summed E-state index contributed by atoms with van der Waals surface area (Å²) >= 11 is 0. The SMILES string of the molecule is CCCCC(CC)C(=O)OC(CC)c1ccccc1.Cl. The maximum Gasteiger partial charge on any atom is 0.309 e. The first-order chi connectivity index (χ1) is 9.22. The van der Waals surface area contributed by atoms with Gasteiger partial charge in [0.05, 0.1) is 5.92 Å². The van der Waals surface area contributed by atoms with Crippen LogP contribution in [0.4, 0.5) is 0 Å². The van der Waals surface area contributed by atoms with E-state index >= 15 is 0 Å². The summed E-state index contributed by atoms with van der Waals surface area (Å²) in [6.07, 6.45) is 4.74. The molecule has 2 nitrogen and oxygen atoms in total. The molecule has 0 aliphatic carbocycles. The van der Waals surface area contributed by atoms with Gasteiger partial charge in [0.1, 0.15) is 6.10 Å². The number of carbonyl (C=O) groups excluding carboxylic acids is 1. The van der Waals surface area contributed by atoms with Crippen molar-refractivity contribution in [3.05, 3.63) is 35.9 Å². The van der Waals surface area contributed by atoms with E-state index in [9.17, 15) is 4.79 Å². The van der Waals surface area contributed by atoms with Crippen LogP contribution >= 0.6 is 12.4 Å². The average Bonchev–Trinajstić information content (AvgIpc) is 2.46. The van der Waals surface area contributed by atoms with E-state index in [1.807, 2.05) is 30.3 Å². The fourth-order valence-electron chi connectivity index (χ4n) is 2.23. The zero-order valence-electron chi connectivity index (χ0n) is 12.8. The van der Waals surface area contributed by atoms with Gasteiger partial charge in [-0.3, -0.25) is 4.79 Å². The second kappa shape index (κ2) is 10.7. The van der Waals surface area contributed by atoms with Gasteiger partial charge in [-0.25, -0.2) is 0 Å². The van der Waals surface area contributed by atoms with Crippen LogP contribution in [0.2, 0.25) is 0 Å². The molecular formula is C17H27ClO2. The molecule has 114 valence electrons. The highest BCUT2D eigenvalue weighted by Gasteiger charge is 2.21. The third-order valence-corrected chi connectivity index (χ3v) is 3.53. The van der Waals surface area contributed by atoms with E-state index in [-0.39, 0.29) is 30.4 Å². The maximum atomic E-state index is 12.2. The van der Waals surface area contributed by atoms with Crippen LogP contribution in [0.25, 0.3) is 0 Å². The molecule has 0 saturated carbocycles. The molecule has 3 heteroatoms. The molecule has 1 aromatic carbocycles. The van der Waals surface area contributed by atoms with Crippen molar-refractivity contribution in [1.29, 1.82) is 0 Å².